The molecule has 5 heteroatoms. The highest BCUT2D eigenvalue weighted by molar-refractivity contribution is 6.36. The first-order valence-corrected chi connectivity index (χ1v) is 20.8. The van der Waals surface area contributed by atoms with Crippen LogP contribution in [-0.2, 0) is 0 Å². The van der Waals surface area contributed by atoms with E-state index in [0.717, 1.165) is 104 Å². The summed E-state index contributed by atoms with van der Waals surface area (Å²) in [4.78, 5) is 11.3. The standard InChI is InChI=1S/C56H32N4O/c1-2-16-36(17-3-1)59-46-24-12-10-20-39(46)40-29-27-35(32-47(40)59)52-51-37-18-6-4-14-33(37)28-31-45(51)57-56(58-52)60-53-38-19-7-5-15-34(38)26-30-44(53)49-41-21-8-9-22-42(41)50-43-23-11-13-25-48(43)61-55(50)54(49)60/h1-32H. The van der Waals surface area contributed by atoms with Gasteiger partial charge in [0.1, 0.15) is 11.1 Å². The Labute approximate surface area is 347 Å². The van der Waals surface area contributed by atoms with E-state index in [4.69, 9.17) is 14.4 Å². The lowest BCUT2D eigenvalue weighted by atomic mass is 9.98. The van der Waals surface area contributed by atoms with Crippen molar-refractivity contribution in [1.29, 1.82) is 0 Å². The molecule has 0 saturated heterocycles. The molecular weight excluding hydrogens is 745 g/mol. The molecule has 4 aromatic heterocycles. The molecule has 0 fully saturated rings. The summed E-state index contributed by atoms with van der Waals surface area (Å²) in [5.74, 6) is 0.592. The Bertz CT molecular complexity index is 4170. The van der Waals surface area contributed by atoms with Crippen LogP contribution >= 0.6 is 0 Å². The van der Waals surface area contributed by atoms with Crippen molar-refractivity contribution in [3.05, 3.63) is 194 Å². The molecule has 0 amide bonds. The zero-order chi connectivity index (χ0) is 39.8. The number of furan rings is 1. The Balaban J connectivity index is 1.18. The van der Waals surface area contributed by atoms with E-state index in [1.807, 2.05) is 6.07 Å². The number of benzene rings is 10. The predicted octanol–water partition coefficient (Wildman–Crippen LogP) is 14.8. The third kappa shape index (κ3) is 4.44. The van der Waals surface area contributed by atoms with Crippen LogP contribution in [0.3, 0.4) is 0 Å². The first-order chi connectivity index (χ1) is 30.3. The number of hydrogen-bond donors (Lipinski definition) is 0. The van der Waals surface area contributed by atoms with E-state index in [1.165, 1.54) is 21.7 Å². The lowest BCUT2D eigenvalue weighted by Gasteiger charge is -2.15. The van der Waals surface area contributed by atoms with Crippen LogP contribution in [0, 0.1) is 0 Å². The monoisotopic (exact) mass is 776 g/mol. The maximum atomic E-state index is 6.99. The van der Waals surface area contributed by atoms with Crippen molar-refractivity contribution in [3.8, 4) is 22.9 Å². The normalized spacial score (nSPS) is 12.3. The number of rotatable bonds is 3. The van der Waals surface area contributed by atoms with Crippen molar-refractivity contribution >= 4 is 109 Å². The summed E-state index contributed by atoms with van der Waals surface area (Å²) < 4.78 is 11.7. The zero-order valence-corrected chi connectivity index (χ0v) is 32.7. The van der Waals surface area contributed by atoms with Crippen LogP contribution in [-0.4, -0.2) is 19.1 Å². The summed E-state index contributed by atoms with van der Waals surface area (Å²) in [6.07, 6.45) is 0. The molecule has 0 aliphatic carbocycles. The molecule has 0 radical (unpaired) electrons. The van der Waals surface area contributed by atoms with Crippen molar-refractivity contribution in [2.24, 2.45) is 0 Å². The summed E-state index contributed by atoms with van der Waals surface area (Å²) >= 11 is 0. The van der Waals surface area contributed by atoms with Gasteiger partial charge in [-0.1, -0.05) is 158 Å². The molecule has 0 aliphatic rings. The first-order valence-electron chi connectivity index (χ1n) is 20.8. The predicted molar refractivity (Wildman–Crippen MR) is 253 cm³/mol. The summed E-state index contributed by atoms with van der Waals surface area (Å²) in [5.41, 5.74) is 9.86. The highest BCUT2D eigenvalue weighted by Gasteiger charge is 2.26. The maximum Gasteiger partial charge on any atom is 0.235 e. The summed E-state index contributed by atoms with van der Waals surface area (Å²) in [5, 5.41) is 14.7. The third-order valence-corrected chi connectivity index (χ3v) is 12.9. The van der Waals surface area contributed by atoms with Gasteiger partial charge in [0.05, 0.1) is 27.8 Å². The van der Waals surface area contributed by atoms with Gasteiger partial charge in [0.25, 0.3) is 0 Å². The van der Waals surface area contributed by atoms with Gasteiger partial charge >= 0.3 is 0 Å². The molecule has 5 nitrogen and oxygen atoms in total. The molecule has 61 heavy (non-hydrogen) atoms. The van der Waals surface area contributed by atoms with Crippen LogP contribution in [0.25, 0.3) is 132 Å². The first kappa shape index (κ1) is 32.7. The largest absolute Gasteiger partial charge is 0.454 e. The Morgan fingerprint density at radius 2 is 1.00 bits per heavy atom. The molecule has 0 bridgehead atoms. The second-order valence-corrected chi connectivity index (χ2v) is 16.1. The number of fused-ring (bicyclic) bond motifs is 18. The second-order valence-electron chi connectivity index (χ2n) is 16.1. The van der Waals surface area contributed by atoms with Crippen molar-refractivity contribution < 1.29 is 4.42 Å². The fourth-order valence-corrected chi connectivity index (χ4v) is 10.3. The number of para-hydroxylation sites is 3. The van der Waals surface area contributed by atoms with Gasteiger partial charge in [-0.3, -0.25) is 4.57 Å². The number of hydrogen-bond acceptors (Lipinski definition) is 3. The SMILES string of the molecule is c1ccc(-n2c3ccccc3c3ccc(-c4nc(-n5c6c7ccccc7ccc6c6c7ccccc7c7c8ccccc8oc7c65)nc5ccc6ccccc6c45)cc32)cc1. The fourth-order valence-electron chi connectivity index (χ4n) is 10.3. The van der Waals surface area contributed by atoms with Gasteiger partial charge in [0, 0.05) is 54.3 Å². The topological polar surface area (TPSA) is 48.8 Å². The third-order valence-electron chi connectivity index (χ3n) is 12.9. The Morgan fingerprint density at radius 3 is 1.84 bits per heavy atom. The van der Waals surface area contributed by atoms with Crippen LogP contribution in [0.4, 0.5) is 0 Å². The molecule has 0 aliphatic heterocycles. The smallest absolute Gasteiger partial charge is 0.235 e. The van der Waals surface area contributed by atoms with E-state index in [2.05, 4.69) is 197 Å². The van der Waals surface area contributed by atoms with E-state index in [9.17, 15) is 0 Å². The van der Waals surface area contributed by atoms with Crippen molar-refractivity contribution in [3.63, 3.8) is 0 Å². The summed E-state index contributed by atoms with van der Waals surface area (Å²) in [7, 11) is 0. The van der Waals surface area contributed by atoms with Crippen LogP contribution in [0.2, 0.25) is 0 Å². The second kappa shape index (κ2) is 12.1. The van der Waals surface area contributed by atoms with Crippen LogP contribution < -0.4 is 0 Å². The fraction of sp³-hybridized carbons (Fsp3) is 0. The molecule has 14 rings (SSSR count). The number of nitrogens with zero attached hydrogens (tertiary/aromatic N) is 4. The Hall–Kier alpha value is -8.28. The molecule has 0 unspecified atom stereocenters. The Kier molecular flexibility index (Phi) is 6.49. The molecule has 0 saturated carbocycles. The molecule has 0 N–H and O–H groups in total. The lowest BCUT2D eigenvalue weighted by molar-refractivity contribution is 0.671. The van der Waals surface area contributed by atoms with Crippen molar-refractivity contribution in [2.75, 3.05) is 0 Å². The minimum atomic E-state index is 0.592. The van der Waals surface area contributed by atoms with Crippen molar-refractivity contribution in [1.82, 2.24) is 19.1 Å². The lowest BCUT2D eigenvalue weighted by Crippen LogP contribution is -2.04. The minimum absolute atomic E-state index is 0.592. The maximum absolute atomic E-state index is 6.99. The van der Waals surface area contributed by atoms with Crippen molar-refractivity contribution in [2.45, 2.75) is 0 Å². The van der Waals surface area contributed by atoms with Gasteiger partial charge in [0.15, 0.2) is 5.58 Å². The minimum Gasteiger partial charge on any atom is -0.454 e. The zero-order valence-electron chi connectivity index (χ0n) is 32.7. The van der Waals surface area contributed by atoms with Crippen LogP contribution in [0.5, 0.6) is 0 Å². The Morgan fingerprint density at radius 1 is 0.377 bits per heavy atom. The van der Waals surface area contributed by atoms with Gasteiger partial charge in [0.2, 0.25) is 5.95 Å². The highest BCUT2D eigenvalue weighted by Crippen LogP contribution is 2.47. The van der Waals surface area contributed by atoms with E-state index in [1.54, 1.807) is 0 Å². The summed E-state index contributed by atoms with van der Waals surface area (Å²) in [6.45, 7) is 0. The van der Waals surface area contributed by atoms with E-state index in [0.29, 0.717) is 5.95 Å². The molecule has 4 heterocycles. The molecule has 0 atom stereocenters. The number of aromatic nitrogens is 4. The molecule has 282 valence electrons. The molecular formula is C56H32N4O. The van der Waals surface area contributed by atoms with Gasteiger partial charge in [-0.05, 0) is 63.3 Å². The van der Waals surface area contributed by atoms with Gasteiger partial charge in [-0.2, -0.15) is 0 Å². The quantitative estimate of drug-likeness (QED) is 0.168. The van der Waals surface area contributed by atoms with Gasteiger partial charge in [-0.15, -0.1) is 0 Å². The summed E-state index contributed by atoms with van der Waals surface area (Å²) in [6, 6.07) is 69.3. The van der Waals surface area contributed by atoms with Gasteiger partial charge < -0.3 is 8.98 Å². The van der Waals surface area contributed by atoms with E-state index in [-0.39, 0.29) is 0 Å². The van der Waals surface area contributed by atoms with E-state index >= 15 is 0 Å². The van der Waals surface area contributed by atoms with Crippen LogP contribution in [0.1, 0.15) is 0 Å². The average Bonchev–Trinajstić information content (AvgIpc) is 4.00. The molecule has 0 spiro atoms. The van der Waals surface area contributed by atoms with Gasteiger partial charge in [-0.25, -0.2) is 9.97 Å². The van der Waals surface area contributed by atoms with E-state index < -0.39 is 0 Å². The molecule has 14 aromatic rings. The highest BCUT2D eigenvalue weighted by atomic mass is 16.3. The average molecular weight is 777 g/mol. The molecule has 10 aromatic carbocycles. The van der Waals surface area contributed by atoms with Crippen LogP contribution in [0.15, 0.2) is 199 Å².